The first-order chi connectivity index (χ1) is 8.97. The lowest BCUT2D eigenvalue weighted by molar-refractivity contribution is 0.0603. The summed E-state index contributed by atoms with van der Waals surface area (Å²) >= 11 is 1.18. The van der Waals surface area contributed by atoms with Gasteiger partial charge in [0.15, 0.2) is 5.78 Å². The Hall–Kier alpha value is -1.95. The number of thiophene rings is 1. The van der Waals surface area contributed by atoms with E-state index in [1.807, 2.05) is 25.1 Å². The number of Topliss-reactive ketones (excluding diaryl/α,β-unsaturated/α-hetero) is 1. The Balaban J connectivity index is 2.87. The summed E-state index contributed by atoms with van der Waals surface area (Å²) in [5, 5.41) is 0.713. The average molecular weight is 278 g/mol. The predicted octanol–water partition coefficient (Wildman–Crippen LogP) is 2.35. The molecule has 0 aromatic carbocycles. The first-order valence-electron chi connectivity index (χ1n) is 5.65. The zero-order chi connectivity index (χ0) is 14.2. The molecule has 0 N–H and O–H groups in total. The highest BCUT2D eigenvalue weighted by Gasteiger charge is 2.24. The maximum Gasteiger partial charge on any atom is 0.348 e. The van der Waals surface area contributed by atoms with Crippen LogP contribution in [0.5, 0.6) is 0 Å². The quantitative estimate of drug-likeness (QED) is 0.637. The van der Waals surface area contributed by atoms with Crippen molar-refractivity contribution in [2.75, 3.05) is 26.1 Å². The zero-order valence-corrected chi connectivity index (χ0v) is 12.0. The molecule has 0 aliphatic heterocycles. The number of anilines is 1. The lowest BCUT2D eigenvalue weighted by Crippen LogP contribution is -2.11. The molecule has 0 aliphatic carbocycles. The van der Waals surface area contributed by atoms with E-state index in [0.717, 1.165) is 5.69 Å². The van der Waals surface area contributed by atoms with E-state index in [0.29, 0.717) is 20.7 Å². The molecule has 0 amide bonds. The number of methoxy groups -OCH3 is 1. The zero-order valence-electron chi connectivity index (χ0n) is 11.2. The summed E-state index contributed by atoms with van der Waals surface area (Å²) in [7, 11) is 5.07. The lowest BCUT2D eigenvalue weighted by atomic mass is 10.1. The van der Waals surface area contributed by atoms with Crippen LogP contribution >= 0.6 is 11.3 Å². The molecule has 0 saturated carbocycles. The highest BCUT2D eigenvalue weighted by atomic mass is 32.1. The number of carbonyl (C=O) groups excluding carboxylic acids is 2. The lowest BCUT2D eigenvalue weighted by Gasteiger charge is -2.14. The van der Waals surface area contributed by atoms with E-state index in [1.54, 1.807) is 6.20 Å². The molecule has 5 nitrogen and oxygen atoms in total. The van der Waals surface area contributed by atoms with Gasteiger partial charge in [-0.3, -0.25) is 4.79 Å². The molecule has 2 aromatic rings. The molecule has 100 valence electrons. The minimum absolute atomic E-state index is 0.164. The number of ketones is 1. The van der Waals surface area contributed by atoms with Gasteiger partial charge in [-0.1, -0.05) is 0 Å². The van der Waals surface area contributed by atoms with Crippen molar-refractivity contribution in [3.63, 3.8) is 0 Å². The van der Waals surface area contributed by atoms with Gasteiger partial charge in [-0.15, -0.1) is 11.3 Å². The third-order valence-corrected chi connectivity index (χ3v) is 3.85. The molecule has 0 bridgehead atoms. The van der Waals surface area contributed by atoms with Gasteiger partial charge in [0.05, 0.1) is 12.7 Å². The summed E-state index contributed by atoms with van der Waals surface area (Å²) in [4.78, 5) is 30.8. The van der Waals surface area contributed by atoms with Crippen molar-refractivity contribution in [3.05, 3.63) is 22.7 Å². The smallest absolute Gasteiger partial charge is 0.348 e. The average Bonchev–Trinajstić information content (AvgIpc) is 2.76. The molecule has 2 aromatic heterocycles. The van der Waals surface area contributed by atoms with Crippen molar-refractivity contribution in [3.8, 4) is 0 Å². The maximum atomic E-state index is 11.9. The monoisotopic (exact) mass is 278 g/mol. The van der Waals surface area contributed by atoms with Crippen LogP contribution in [0.4, 0.5) is 5.69 Å². The standard InChI is InChI=1S/C13H14N2O3S/c1-7(16)9-10-8(15(2)3)5-6-14-12(10)19-11(9)13(17)18-4/h5-6H,1-4H3. The van der Waals surface area contributed by atoms with Crippen LogP contribution in [0.1, 0.15) is 27.0 Å². The Morgan fingerprint density at radius 1 is 1.37 bits per heavy atom. The third-order valence-electron chi connectivity index (χ3n) is 2.77. The van der Waals surface area contributed by atoms with Crippen molar-refractivity contribution >= 4 is 39.0 Å². The van der Waals surface area contributed by atoms with Gasteiger partial charge in [-0.05, 0) is 13.0 Å². The Kier molecular flexibility index (Phi) is 3.53. The second-order valence-electron chi connectivity index (χ2n) is 4.26. The third kappa shape index (κ3) is 2.19. The fourth-order valence-corrected chi connectivity index (χ4v) is 3.08. The number of hydrogen-bond acceptors (Lipinski definition) is 6. The van der Waals surface area contributed by atoms with Gasteiger partial charge in [-0.25, -0.2) is 9.78 Å². The fourth-order valence-electron chi connectivity index (χ4n) is 1.95. The molecule has 6 heteroatoms. The van der Waals surface area contributed by atoms with Gasteiger partial charge in [0.2, 0.25) is 0 Å². The van der Waals surface area contributed by atoms with E-state index >= 15 is 0 Å². The van der Waals surface area contributed by atoms with Crippen LogP contribution < -0.4 is 4.90 Å². The van der Waals surface area contributed by atoms with Crippen molar-refractivity contribution in [2.24, 2.45) is 0 Å². The summed E-state index contributed by atoms with van der Waals surface area (Å²) in [5.41, 5.74) is 1.25. The van der Waals surface area contributed by atoms with Crippen molar-refractivity contribution in [2.45, 2.75) is 6.92 Å². The van der Waals surface area contributed by atoms with Crippen LogP contribution in [0.3, 0.4) is 0 Å². The Morgan fingerprint density at radius 2 is 2.05 bits per heavy atom. The van der Waals surface area contributed by atoms with Gasteiger partial charge in [-0.2, -0.15) is 0 Å². The fraction of sp³-hybridized carbons (Fsp3) is 0.308. The summed E-state index contributed by atoms with van der Waals surface area (Å²) in [5.74, 6) is -0.666. The first kappa shape index (κ1) is 13.5. The van der Waals surface area contributed by atoms with E-state index in [4.69, 9.17) is 4.74 Å². The van der Waals surface area contributed by atoms with Crippen LogP contribution in [0.15, 0.2) is 12.3 Å². The maximum absolute atomic E-state index is 11.9. The van der Waals surface area contributed by atoms with Crippen molar-refractivity contribution in [1.29, 1.82) is 0 Å². The number of rotatable bonds is 3. The number of carbonyl (C=O) groups is 2. The molecule has 0 unspecified atom stereocenters. The second kappa shape index (κ2) is 4.97. The molecule has 0 aliphatic rings. The molecule has 0 atom stereocenters. The summed E-state index contributed by atoms with van der Waals surface area (Å²) in [6.45, 7) is 1.44. The van der Waals surface area contributed by atoms with Crippen LogP contribution in [0.25, 0.3) is 10.2 Å². The van der Waals surface area contributed by atoms with Crippen LogP contribution in [-0.2, 0) is 4.74 Å². The minimum Gasteiger partial charge on any atom is -0.465 e. The SMILES string of the molecule is COC(=O)c1sc2nccc(N(C)C)c2c1C(C)=O. The predicted molar refractivity (Wildman–Crippen MR) is 75.3 cm³/mol. The van der Waals surface area contributed by atoms with Crippen LogP contribution in [0.2, 0.25) is 0 Å². The number of nitrogens with zero attached hydrogens (tertiary/aromatic N) is 2. The summed E-state index contributed by atoms with van der Waals surface area (Å²) in [6, 6.07) is 1.82. The molecule has 0 fully saturated rings. The first-order valence-corrected chi connectivity index (χ1v) is 6.47. The van der Waals surface area contributed by atoms with Gasteiger partial charge in [0, 0.05) is 31.4 Å². The van der Waals surface area contributed by atoms with Crippen LogP contribution in [-0.4, -0.2) is 37.9 Å². The van der Waals surface area contributed by atoms with E-state index in [-0.39, 0.29) is 5.78 Å². The number of aromatic nitrogens is 1. The van der Waals surface area contributed by atoms with Crippen molar-refractivity contribution in [1.82, 2.24) is 4.98 Å². The van der Waals surface area contributed by atoms with Gasteiger partial charge in [0.25, 0.3) is 0 Å². The summed E-state index contributed by atoms with van der Waals surface area (Å²) in [6.07, 6.45) is 1.67. The molecule has 0 radical (unpaired) electrons. The van der Waals surface area contributed by atoms with Crippen LogP contribution in [0, 0.1) is 0 Å². The highest BCUT2D eigenvalue weighted by molar-refractivity contribution is 7.21. The number of fused-ring (bicyclic) bond motifs is 1. The molecular weight excluding hydrogens is 264 g/mol. The van der Waals surface area contributed by atoms with E-state index in [1.165, 1.54) is 25.4 Å². The normalized spacial score (nSPS) is 10.5. The molecule has 0 saturated heterocycles. The topological polar surface area (TPSA) is 59.5 Å². The van der Waals surface area contributed by atoms with E-state index in [2.05, 4.69) is 4.98 Å². The molecule has 0 spiro atoms. The minimum atomic E-state index is -0.502. The summed E-state index contributed by atoms with van der Waals surface area (Å²) < 4.78 is 4.73. The van der Waals surface area contributed by atoms with E-state index in [9.17, 15) is 9.59 Å². The second-order valence-corrected chi connectivity index (χ2v) is 5.26. The molecule has 2 heterocycles. The molecular formula is C13H14N2O3S. The molecule has 2 rings (SSSR count). The molecule has 19 heavy (non-hydrogen) atoms. The number of ether oxygens (including phenoxy) is 1. The van der Waals surface area contributed by atoms with Gasteiger partial charge in [0.1, 0.15) is 9.71 Å². The number of pyridine rings is 1. The largest absolute Gasteiger partial charge is 0.465 e. The Morgan fingerprint density at radius 3 is 2.58 bits per heavy atom. The van der Waals surface area contributed by atoms with Gasteiger partial charge >= 0.3 is 5.97 Å². The number of hydrogen-bond donors (Lipinski definition) is 0. The number of esters is 1. The van der Waals surface area contributed by atoms with E-state index < -0.39 is 5.97 Å². The Bertz CT molecular complexity index is 661. The van der Waals surface area contributed by atoms with Crippen molar-refractivity contribution < 1.29 is 14.3 Å². The Labute approximate surface area is 114 Å². The highest BCUT2D eigenvalue weighted by Crippen LogP contribution is 2.36. The van der Waals surface area contributed by atoms with Gasteiger partial charge < -0.3 is 9.64 Å².